The fourth-order valence-corrected chi connectivity index (χ4v) is 2.18. The third kappa shape index (κ3) is 3.25. The first-order chi connectivity index (χ1) is 9.49. The molecule has 1 atom stereocenters. The highest BCUT2D eigenvalue weighted by Gasteiger charge is 2.18. The molecule has 0 N–H and O–H groups in total. The number of rotatable bonds is 3. The maximum absolute atomic E-state index is 12.4. The van der Waals surface area contributed by atoms with Gasteiger partial charge in [0.25, 0.3) is 5.91 Å². The molecule has 2 aromatic rings. The smallest absolute Gasteiger partial charge is 0.255 e. The minimum absolute atomic E-state index is 0.0201. The molecule has 0 spiro atoms. The lowest BCUT2D eigenvalue weighted by atomic mass is 10.0. The van der Waals surface area contributed by atoms with E-state index in [0.717, 1.165) is 10.2 Å². The summed E-state index contributed by atoms with van der Waals surface area (Å²) in [5.74, 6) is -0.0296. The Morgan fingerprint density at radius 3 is 2.40 bits per heavy atom. The number of benzene rings is 1. The van der Waals surface area contributed by atoms with E-state index < -0.39 is 0 Å². The van der Waals surface area contributed by atoms with Crippen LogP contribution in [0.15, 0.2) is 47.2 Å². The van der Waals surface area contributed by atoms with Crippen molar-refractivity contribution in [2.75, 3.05) is 7.05 Å². The van der Waals surface area contributed by atoms with Gasteiger partial charge in [0.2, 0.25) is 0 Å². The number of aromatic nitrogens is 1. The van der Waals surface area contributed by atoms with E-state index in [2.05, 4.69) is 52.1 Å². The van der Waals surface area contributed by atoms with E-state index in [9.17, 15) is 4.79 Å². The quantitative estimate of drug-likeness (QED) is 0.796. The van der Waals surface area contributed by atoms with Crippen LogP contribution in [0.2, 0.25) is 0 Å². The fraction of sp³-hybridized carbons (Fsp3) is 0.250. The van der Waals surface area contributed by atoms with Gasteiger partial charge in [0.05, 0.1) is 11.6 Å². The molecular weight excluding hydrogens is 316 g/mol. The second-order valence-corrected chi connectivity index (χ2v) is 5.68. The highest BCUT2D eigenvalue weighted by atomic mass is 79.9. The van der Waals surface area contributed by atoms with Crippen molar-refractivity contribution in [2.24, 2.45) is 0 Å². The number of carbonyl (C=O) groups excluding carboxylic acids is 1. The van der Waals surface area contributed by atoms with Gasteiger partial charge in [-0.2, -0.15) is 0 Å². The van der Waals surface area contributed by atoms with Crippen molar-refractivity contribution < 1.29 is 4.79 Å². The summed E-state index contributed by atoms with van der Waals surface area (Å²) in [5.41, 5.74) is 2.93. The minimum Gasteiger partial charge on any atom is -0.335 e. The van der Waals surface area contributed by atoms with Crippen molar-refractivity contribution in [3.05, 3.63) is 63.9 Å². The Labute approximate surface area is 127 Å². The molecule has 0 bridgehead atoms. The van der Waals surface area contributed by atoms with Crippen LogP contribution in [-0.2, 0) is 0 Å². The lowest BCUT2D eigenvalue weighted by Crippen LogP contribution is -2.29. The number of carbonyl (C=O) groups is 1. The van der Waals surface area contributed by atoms with Crippen molar-refractivity contribution in [1.82, 2.24) is 9.88 Å². The maximum atomic E-state index is 12.4. The van der Waals surface area contributed by atoms with Gasteiger partial charge >= 0.3 is 0 Å². The van der Waals surface area contributed by atoms with Gasteiger partial charge in [0.15, 0.2) is 0 Å². The number of hydrogen-bond acceptors (Lipinski definition) is 2. The first kappa shape index (κ1) is 14.7. The summed E-state index contributed by atoms with van der Waals surface area (Å²) < 4.78 is 0.725. The van der Waals surface area contributed by atoms with Gasteiger partial charge in [-0.05, 0) is 47.5 Å². The zero-order valence-electron chi connectivity index (χ0n) is 11.8. The number of hydrogen-bond donors (Lipinski definition) is 0. The molecule has 0 saturated carbocycles. The van der Waals surface area contributed by atoms with Gasteiger partial charge in [-0.25, -0.2) is 4.98 Å². The number of nitrogens with zero attached hydrogens (tertiary/aromatic N) is 2. The third-order valence-corrected chi connectivity index (χ3v) is 3.90. The standard InChI is InChI=1S/C16H17BrN2O/c1-11-4-6-13(7-5-11)12(2)19(3)16(20)14-8-9-15(17)18-10-14/h4-10,12H,1-3H3. The molecule has 2 rings (SSSR count). The molecule has 1 aromatic carbocycles. The summed E-state index contributed by atoms with van der Waals surface area (Å²) >= 11 is 3.27. The first-order valence-corrected chi connectivity index (χ1v) is 7.23. The van der Waals surface area contributed by atoms with E-state index in [0.29, 0.717) is 5.56 Å². The van der Waals surface area contributed by atoms with Crippen LogP contribution in [0.1, 0.15) is 34.5 Å². The second kappa shape index (κ2) is 6.18. The van der Waals surface area contributed by atoms with Crippen molar-refractivity contribution in [2.45, 2.75) is 19.9 Å². The molecular formula is C16H17BrN2O. The monoisotopic (exact) mass is 332 g/mol. The van der Waals surface area contributed by atoms with Crippen molar-refractivity contribution in [3.8, 4) is 0 Å². The van der Waals surface area contributed by atoms with Crippen LogP contribution in [0, 0.1) is 6.92 Å². The SMILES string of the molecule is Cc1ccc(C(C)N(C)C(=O)c2ccc(Br)nc2)cc1. The first-order valence-electron chi connectivity index (χ1n) is 6.44. The van der Waals surface area contributed by atoms with Crippen LogP contribution in [-0.4, -0.2) is 22.8 Å². The predicted octanol–water partition coefficient (Wildman–Crippen LogP) is 3.99. The summed E-state index contributed by atoms with van der Waals surface area (Å²) in [7, 11) is 1.81. The van der Waals surface area contributed by atoms with Crippen LogP contribution in [0.3, 0.4) is 0 Å². The number of halogens is 1. The maximum Gasteiger partial charge on any atom is 0.255 e. The Morgan fingerprint density at radius 2 is 1.85 bits per heavy atom. The highest BCUT2D eigenvalue weighted by molar-refractivity contribution is 9.10. The topological polar surface area (TPSA) is 33.2 Å². The summed E-state index contributed by atoms with van der Waals surface area (Å²) in [6.45, 7) is 4.08. The Hall–Kier alpha value is -1.68. The van der Waals surface area contributed by atoms with Crippen LogP contribution in [0.5, 0.6) is 0 Å². The van der Waals surface area contributed by atoms with Crippen LogP contribution in [0.4, 0.5) is 0 Å². The molecule has 0 aliphatic carbocycles. The summed E-state index contributed by atoms with van der Waals surface area (Å²) in [6.07, 6.45) is 1.59. The van der Waals surface area contributed by atoms with E-state index >= 15 is 0 Å². The van der Waals surface area contributed by atoms with Gasteiger partial charge in [-0.1, -0.05) is 29.8 Å². The molecule has 20 heavy (non-hydrogen) atoms. The molecule has 4 heteroatoms. The van der Waals surface area contributed by atoms with E-state index in [4.69, 9.17) is 0 Å². The average molecular weight is 333 g/mol. The van der Waals surface area contributed by atoms with Gasteiger partial charge in [0, 0.05) is 13.2 Å². The summed E-state index contributed by atoms with van der Waals surface area (Å²) in [5, 5.41) is 0. The van der Waals surface area contributed by atoms with Crippen LogP contribution >= 0.6 is 15.9 Å². The molecule has 104 valence electrons. The van der Waals surface area contributed by atoms with Crippen LogP contribution < -0.4 is 0 Å². The lowest BCUT2D eigenvalue weighted by molar-refractivity contribution is 0.0742. The van der Waals surface area contributed by atoms with Crippen molar-refractivity contribution in [1.29, 1.82) is 0 Å². The molecule has 1 amide bonds. The lowest BCUT2D eigenvalue weighted by Gasteiger charge is -2.25. The normalized spacial score (nSPS) is 12.0. The van der Waals surface area contributed by atoms with Gasteiger partial charge in [0.1, 0.15) is 4.60 Å². The molecule has 0 aliphatic rings. The zero-order valence-corrected chi connectivity index (χ0v) is 13.4. The number of amides is 1. The molecule has 3 nitrogen and oxygen atoms in total. The number of pyridine rings is 1. The third-order valence-electron chi connectivity index (χ3n) is 3.44. The Kier molecular flexibility index (Phi) is 4.55. The van der Waals surface area contributed by atoms with E-state index in [1.54, 1.807) is 23.2 Å². The summed E-state index contributed by atoms with van der Waals surface area (Å²) in [4.78, 5) is 18.2. The Balaban J connectivity index is 2.17. The molecule has 0 aliphatic heterocycles. The Bertz CT molecular complexity index is 593. The van der Waals surface area contributed by atoms with Crippen LogP contribution in [0.25, 0.3) is 0 Å². The van der Waals surface area contributed by atoms with Gasteiger partial charge < -0.3 is 4.90 Å². The molecule has 0 radical (unpaired) electrons. The molecule has 1 heterocycles. The highest BCUT2D eigenvalue weighted by Crippen LogP contribution is 2.21. The van der Waals surface area contributed by atoms with Crippen molar-refractivity contribution >= 4 is 21.8 Å². The fourth-order valence-electron chi connectivity index (χ4n) is 1.95. The Morgan fingerprint density at radius 1 is 1.20 bits per heavy atom. The zero-order chi connectivity index (χ0) is 14.7. The average Bonchev–Trinajstić information content (AvgIpc) is 2.46. The molecule has 0 fully saturated rings. The second-order valence-electron chi connectivity index (χ2n) is 4.87. The van der Waals surface area contributed by atoms with E-state index in [-0.39, 0.29) is 11.9 Å². The molecule has 1 unspecified atom stereocenters. The molecule has 0 saturated heterocycles. The van der Waals surface area contributed by atoms with E-state index in [1.807, 2.05) is 14.0 Å². The minimum atomic E-state index is -0.0296. The predicted molar refractivity (Wildman–Crippen MR) is 83.6 cm³/mol. The van der Waals surface area contributed by atoms with Gasteiger partial charge in [-0.15, -0.1) is 0 Å². The van der Waals surface area contributed by atoms with E-state index in [1.165, 1.54) is 5.56 Å². The summed E-state index contributed by atoms with van der Waals surface area (Å²) in [6, 6.07) is 11.8. The van der Waals surface area contributed by atoms with Gasteiger partial charge in [-0.3, -0.25) is 4.79 Å². The number of aryl methyl sites for hydroxylation is 1. The van der Waals surface area contributed by atoms with Crippen molar-refractivity contribution in [3.63, 3.8) is 0 Å². The largest absolute Gasteiger partial charge is 0.335 e. The molecule has 1 aromatic heterocycles.